The molecule has 0 unspecified atom stereocenters. The Kier molecular flexibility index (Phi) is 208. The van der Waals surface area contributed by atoms with Gasteiger partial charge in [0, 0.05) is 78.5 Å². The number of aldehydes is 1. The molecule has 0 spiro atoms. The van der Waals surface area contributed by atoms with E-state index >= 15 is 0 Å². The van der Waals surface area contributed by atoms with Crippen LogP contribution in [0.2, 0.25) is 0 Å². The lowest BCUT2D eigenvalue weighted by Crippen LogP contribution is -2.24. The number of ether oxygens (including phenoxy) is 1. The van der Waals surface area contributed by atoms with Gasteiger partial charge in [0.15, 0.2) is 0 Å². The smallest absolute Gasteiger partial charge is 0.216 e. The number of rotatable bonds is 50. The van der Waals surface area contributed by atoms with Gasteiger partial charge in [0.1, 0.15) is 17.9 Å². The van der Waals surface area contributed by atoms with E-state index in [0.29, 0.717) is 80.4 Å². The van der Waals surface area contributed by atoms with Crippen molar-refractivity contribution in [1.29, 1.82) is 0 Å². The number of carbonyl (C=O) groups is 4. The molecular formula is C124H279N9O9. The summed E-state index contributed by atoms with van der Waals surface area (Å²) in [5.41, 5.74) is 16.0. The number of methoxy groups -OCH3 is 1. The molecule has 0 saturated heterocycles. The number of Topliss-reactive ketones (excluding diaryl/α,β-unsaturated/α-hetero) is 2. The third kappa shape index (κ3) is 396. The van der Waals surface area contributed by atoms with Crippen molar-refractivity contribution in [2.24, 2.45) is 129 Å². The highest BCUT2D eigenvalue weighted by Gasteiger charge is 2.13. The zero-order valence-electron chi connectivity index (χ0n) is 107. The van der Waals surface area contributed by atoms with Gasteiger partial charge < -0.3 is 88.2 Å². The summed E-state index contributed by atoms with van der Waals surface area (Å²) in [5, 5.41) is 49.4. The van der Waals surface area contributed by atoms with Crippen LogP contribution in [-0.2, 0) is 23.9 Å². The fraction of sp³-hybridized carbons (Fsp3) is 0.919. The van der Waals surface area contributed by atoms with Gasteiger partial charge in [0.05, 0.1) is 19.3 Å². The second-order valence-corrected chi connectivity index (χ2v) is 47.3. The van der Waals surface area contributed by atoms with Crippen molar-refractivity contribution < 1.29 is 44.3 Å². The minimum absolute atomic E-state index is 0.0654. The summed E-state index contributed by atoms with van der Waals surface area (Å²) in [6.07, 6.45) is 40.2. The minimum Gasteiger partial charge on any atom is -0.396 e. The highest BCUT2D eigenvalue weighted by atomic mass is 16.5. The van der Waals surface area contributed by atoms with Crippen molar-refractivity contribution in [3.8, 4) is 24.7 Å². The minimum atomic E-state index is -0.519. The van der Waals surface area contributed by atoms with Gasteiger partial charge in [-0.2, -0.15) is 0 Å². The van der Waals surface area contributed by atoms with Gasteiger partial charge in [0.2, 0.25) is 5.91 Å². The Labute approximate surface area is 899 Å². The van der Waals surface area contributed by atoms with Gasteiger partial charge >= 0.3 is 0 Å². The molecule has 0 aromatic heterocycles. The Hall–Kier alpha value is -3.18. The first kappa shape index (κ1) is 187. The first-order valence-electron chi connectivity index (χ1n) is 57.0. The van der Waals surface area contributed by atoms with Crippen molar-refractivity contribution in [2.75, 3.05) is 127 Å². The molecule has 15 N–H and O–H groups in total. The van der Waals surface area contributed by atoms with Crippen molar-refractivity contribution in [2.45, 2.75) is 512 Å². The van der Waals surface area contributed by atoms with Crippen LogP contribution in [0.1, 0.15) is 500 Å². The number of nitrogens with two attached hydrogens (primary N) is 3. The van der Waals surface area contributed by atoms with Gasteiger partial charge in [-0.25, -0.2) is 0 Å². The lowest BCUT2D eigenvalue weighted by atomic mass is 9.90. The van der Waals surface area contributed by atoms with Crippen LogP contribution in [0.3, 0.4) is 0 Å². The monoisotopic (exact) mass is 2040 g/mol. The molecule has 874 valence electrons. The van der Waals surface area contributed by atoms with E-state index < -0.39 is 6.10 Å². The number of amides is 1. The molecule has 0 heterocycles. The number of terminal acetylenes is 2. The molecule has 0 aliphatic rings. The third-order valence-corrected chi connectivity index (χ3v) is 17.5. The molecule has 0 bridgehead atoms. The second kappa shape index (κ2) is 158. The van der Waals surface area contributed by atoms with E-state index in [9.17, 15) is 19.2 Å². The number of nitrogens with zero attached hydrogens (tertiary/aromatic N) is 1. The number of allylic oxidation sites excluding steroid dienone is 1. The van der Waals surface area contributed by atoms with E-state index in [1.807, 2.05) is 40.8 Å². The lowest BCUT2D eigenvalue weighted by molar-refractivity contribution is -0.119. The molecule has 0 aliphatic carbocycles. The number of unbranched alkanes of at least 4 members (excludes halogenated alkanes) is 2. The predicted molar refractivity (Wildman–Crippen MR) is 651 cm³/mol. The van der Waals surface area contributed by atoms with Crippen LogP contribution < -0.4 is 43.8 Å². The molecule has 0 aromatic carbocycles. The number of aliphatic hydroxyl groups is 4. The maximum Gasteiger partial charge on any atom is 0.216 e. The molecule has 0 aliphatic heterocycles. The van der Waals surface area contributed by atoms with E-state index in [1.54, 1.807) is 27.9 Å². The van der Waals surface area contributed by atoms with Crippen LogP contribution in [0.25, 0.3) is 0 Å². The summed E-state index contributed by atoms with van der Waals surface area (Å²) >= 11 is 0. The highest BCUT2D eigenvalue weighted by molar-refractivity contribution is 5.76. The number of hydrogen-bond acceptors (Lipinski definition) is 17. The third-order valence-electron chi connectivity index (χ3n) is 17.5. The molecule has 0 fully saturated rings. The van der Waals surface area contributed by atoms with Crippen LogP contribution in [0.5, 0.6) is 0 Å². The predicted octanol–water partition coefficient (Wildman–Crippen LogP) is 30.6. The number of aliphatic hydroxyl groups excluding tert-OH is 4. The van der Waals surface area contributed by atoms with E-state index in [-0.39, 0.29) is 34.9 Å². The topological polar surface area (TPSA) is 300 Å². The zero-order valence-corrected chi connectivity index (χ0v) is 107. The van der Waals surface area contributed by atoms with Gasteiger partial charge in [-0.3, -0.25) is 4.79 Å². The zero-order chi connectivity index (χ0) is 117. The second-order valence-electron chi connectivity index (χ2n) is 47.3. The summed E-state index contributed by atoms with van der Waals surface area (Å²) in [6.45, 7) is 120. The van der Waals surface area contributed by atoms with E-state index in [1.165, 1.54) is 83.7 Å². The Balaban J connectivity index is -0.0000000614. The maximum absolute atomic E-state index is 10.5. The Morgan fingerprint density at radius 1 is 0.408 bits per heavy atom. The summed E-state index contributed by atoms with van der Waals surface area (Å²) < 4.78 is 4.86. The molecule has 18 nitrogen and oxygen atoms in total. The maximum atomic E-state index is 10.5. The summed E-state index contributed by atoms with van der Waals surface area (Å²) in [4.78, 5) is 43.1. The average Bonchev–Trinajstić information content (AvgIpc) is 0.975. The van der Waals surface area contributed by atoms with Gasteiger partial charge in [0.25, 0.3) is 0 Å². The Morgan fingerprint density at radius 2 is 0.746 bits per heavy atom. The quantitative estimate of drug-likeness (QED) is 0.0117. The van der Waals surface area contributed by atoms with E-state index in [2.05, 4.69) is 355 Å². The lowest BCUT2D eigenvalue weighted by Gasteiger charge is -2.14. The fourth-order valence-corrected chi connectivity index (χ4v) is 9.37. The van der Waals surface area contributed by atoms with Crippen LogP contribution in [0.4, 0.5) is 0 Å². The molecule has 0 radical (unpaired) electrons. The summed E-state index contributed by atoms with van der Waals surface area (Å²) in [5.74, 6) is 18.4. The molecule has 1 amide bonds. The average molecular weight is 2040 g/mol. The number of nitrogens with one attached hydrogen (secondary N) is 5. The first-order valence-corrected chi connectivity index (χ1v) is 57.0. The van der Waals surface area contributed by atoms with Crippen LogP contribution in [0.15, 0.2) is 12.7 Å². The molecule has 0 rings (SSSR count). The first-order chi connectivity index (χ1) is 65.3. The molecular weight excluding hydrogens is 1760 g/mol. The summed E-state index contributed by atoms with van der Waals surface area (Å²) in [6, 6.07) is 0.642. The van der Waals surface area contributed by atoms with Crippen LogP contribution in [-0.4, -0.2) is 188 Å². The number of carbonyl (C=O) groups excluding carboxylic acids is 4. The SMILES string of the molecule is C#CCC(C)C.C#CCC(C)C.C=CCC(C)C.CC(=O)CC(C)(C)C.CC(=O)CC(C)(C)C.CC(=O)NCCC(C)C.CC(C)CC=O.CC(C)CCCO.CC(C)CCN.CC(C)CCN.CC(C)CCN.CC(C)CCN(C)C.CC(C)CCNC(C)C.CC(C)CCO.CC(C)C[C@H](O)CO.CCCC(C)C.CCCCC(C)C.CCCCNCCOC.CCNCCC(C)C.CNCCC(C)C. The van der Waals surface area contributed by atoms with Gasteiger partial charge in [-0.05, 0) is 295 Å². The Morgan fingerprint density at radius 3 is 0.880 bits per heavy atom. The van der Waals surface area contributed by atoms with Gasteiger partial charge in [-0.1, -0.05) is 363 Å². The standard InChI is InChI=1S/C8H19N.C7H15NO.C7H17NO.2C7H17N.2C7H14O.C7H16.C6H15N.C6H14O2.C6H14O.C6H14.C6H12.2C6H10.3C5H13N.C5H12O.C5H10O/c1-7(2)5-6-9-8(3)4;1-6(2)4-5-8-7(3)9;1-3-4-5-8-6-7-9-2;1-7(2)5-6-8(3)4;1-4-8-6-5-7(2)3;2*1-6(8)5-7(2,3)4;1-4-5-6-7(2)3;1-6(2)4-5-7-3;1-5(2)3-6(8)4-7;1-6(2)4-3-5-7;4*1-4-5-6(2)3;5*1-5(2)3-4-6/h7-9H,5-6H2,1-4H3;6H,4-5H2,1-3H3,(H,8,9);8H,3-7H2,1-2H3;7H,5-6H2,1-4H3;7-8H,4-6H2,1-3H3;2*5H2,1-4H3;7H,4-6H2,1-3H3;6-7H,4-5H2,1-3H3;5-8H,3-4H2,1-2H3;6-7H,3-5H2,1-2H3;6H,4-5H2,1-3H3;4,6H,1,5H2,2-3H3;2*1,6H,5H2,2-3H3;3*5H,3-4,6H2,1-2H3;5-6H,3-4H2,1-2H3;4-5H,3H2,1-2H3/t;;;;;;;;;6-;;;;;;;;;;/m.........0........../s1. The molecule has 0 saturated carbocycles. The van der Waals surface area contributed by atoms with Crippen molar-refractivity contribution >= 4 is 23.8 Å². The summed E-state index contributed by atoms with van der Waals surface area (Å²) in [7, 11) is 7.94. The van der Waals surface area contributed by atoms with Gasteiger partial charge in [-0.15, -0.1) is 31.3 Å². The molecule has 18 heteroatoms. The Bertz CT molecular complexity index is 2070. The van der Waals surface area contributed by atoms with Crippen LogP contribution in [0, 0.1) is 136 Å². The number of ketones is 2. The van der Waals surface area contributed by atoms with E-state index in [0.717, 1.165) is 201 Å². The molecule has 1 atom stereocenters. The van der Waals surface area contributed by atoms with Crippen molar-refractivity contribution in [1.82, 2.24) is 31.5 Å². The highest BCUT2D eigenvalue weighted by Crippen LogP contribution is 2.19. The fourth-order valence-electron chi connectivity index (χ4n) is 9.37. The molecule has 142 heavy (non-hydrogen) atoms. The molecule has 0 aromatic rings. The van der Waals surface area contributed by atoms with Crippen LogP contribution >= 0.6 is 0 Å². The number of hydrogen-bond donors (Lipinski definition) is 12. The normalized spacial score (nSPS) is 10.4. The van der Waals surface area contributed by atoms with Crippen molar-refractivity contribution in [3.63, 3.8) is 0 Å². The van der Waals surface area contributed by atoms with Crippen molar-refractivity contribution in [3.05, 3.63) is 12.7 Å². The van der Waals surface area contributed by atoms with E-state index in [4.69, 9.17) is 55.2 Å². The largest absolute Gasteiger partial charge is 0.396 e.